The van der Waals surface area contributed by atoms with Crippen LogP contribution in [-0.4, -0.2) is 30.6 Å². The summed E-state index contributed by atoms with van der Waals surface area (Å²) in [6, 6.07) is 2.07. The Bertz CT molecular complexity index is 320. The molecule has 2 fully saturated rings. The van der Waals surface area contributed by atoms with E-state index in [-0.39, 0.29) is 18.5 Å². The first kappa shape index (κ1) is 10.4. The Morgan fingerprint density at radius 1 is 1.53 bits per heavy atom. The molecule has 0 saturated carbocycles. The van der Waals surface area contributed by atoms with Crippen LogP contribution in [0.2, 0.25) is 0 Å². The van der Waals surface area contributed by atoms with Crippen molar-refractivity contribution in [1.29, 1.82) is 5.26 Å². The summed E-state index contributed by atoms with van der Waals surface area (Å²) < 4.78 is 16.0. The van der Waals surface area contributed by atoms with Crippen molar-refractivity contribution in [2.24, 2.45) is 5.92 Å². The molecule has 0 aromatic heterocycles. The fourth-order valence-electron chi connectivity index (χ4n) is 1.91. The van der Waals surface area contributed by atoms with Crippen molar-refractivity contribution in [3.8, 4) is 6.07 Å². The van der Waals surface area contributed by atoms with Crippen molar-refractivity contribution in [1.82, 2.24) is 0 Å². The molecule has 82 valence electrons. The van der Waals surface area contributed by atoms with E-state index in [1.165, 1.54) is 0 Å². The second kappa shape index (κ2) is 3.47. The highest BCUT2D eigenvalue weighted by molar-refractivity contribution is 5.72. The fraction of sp³-hybridized carbons (Fsp3) is 0.800. The molecule has 2 aliphatic rings. The lowest BCUT2D eigenvalue weighted by atomic mass is 9.99. The van der Waals surface area contributed by atoms with Crippen LogP contribution in [0.1, 0.15) is 20.3 Å². The van der Waals surface area contributed by atoms with Crippen LogP contribution in [0.3, 0.4) is 0 Å². The van der Waals surface area contributed by atoms with Crippen LogP contribution in [0.5, 0.6) is 0 Å². The van der Waals surface area contributed by atoms with Gasteiger partial charge in [0.1, 0.15) is 12.2 Å². The van der Waals surface area contributed by atoms with Gasteiger partial charge in [-0.15, -0.1) is 0 Å². The lowest BCUT2D eigenvalue weighted by Gasteiger charge is -2.21. The monoisotopic (exact) mass is 211 g/mol. The van der Waals surface area contributed by atoms with E-state index < -0.39 is 17.8 Å². The maximum atomic E-state index is 11.1. The number of nitrogens with zero attached hydrogens (tertiary/aromatic N) is 1. The Labute approximate surface area is 87.9 Å². The zero-order valence-electron chi connectivity index (χ0n) is 8.73. The largest absolute Gasteiger partial charge is 0.458 e. The predicted octanol–water partition coefficient (Wildman–Crippen LogP) is 0.593. The molecule has 0 aromatic rings. The molecule has 0 spiro atoms. The minimum absolute atomic E-state index is 0.154. The van der Waals surface area contributed by atoms with Gasteiger partial charge in [-0.3, -0.25) is 4.79 Å². The van der Waals surface area contributed by atoms with Crippen LogP contribution >= 0.6 is 0 Å². The minimum atomic E-state index is -0.653. The van der Waals surface area contributed by atoms with E-state index in [0.717, 1.165) is 0 Å². The lowest BCUT2D eigenvalue weighted by Crippen LogP contribution is -2.34. The summed E-state index contributed by atoms with van der Waals surface area (Å²) in [6.07, 6.45) is -0.651. The van der Waals surface area contributed by atoms with Gasteiger partial charge in [0.2, 0.25) is 0 Å². The molecule has 5 nitrogen and oxygen atoms in total. The molecule has 2 heterocycles. The predicted molar refractivity (Wildman–Crippen MR) is 48.5 cm³/mol. The average molecular weight is 211 g/mol. The van der Waals surface area contributed by atoms with E-state index in [4.69, 9.17) is 19.5 Å². The van der Waals surface area contributed by atoms with Gasteiger partial charge >= 0.3 is 5.97 Å². The SMILES string of the molecule is CC1(C)OCC(C2OC(=O)C[C@@H]2C#N)O1. The first-order valence-corrected chi connectivity index (χ1v) is 4.93. The highest BCUT2D eigenvalue weighted by Crippen LogP contribution is 2.32. The molecule has 2 aliphatic heterocycles. The summed E-state index contributed by atoms with van der Waals surface area (Å²) in [5, 5.41) is 8.87. The maximum absolute atomic E-state index is 11.1. The van der Waals surface area contributed by atoms with Gasteiger partial charge in [-0.25, -0.2) is 0 Å². The van der Waals surface area contributed by atoms with Gasteiger partial charge in [-0.05, 0) is 13.8 Å². The van der Waals surface area contributed by atoms with Crippen molar-refractivity contribution >= 4 is 5.97 Å². The molecule has 0 bridgehead atoms. The van der Waals surface area contributed by atoms with E-state index in [2.05, 4.69) is 6.07 Å². The second-order valence-electron chi connectivity index (χ2n) is 4.26. The third-order valence-electron chi connectivity index (χ3n) is 2.61. The van der Waals surface area contributed by atoms with E-state index >= 15 is 0 Å². The van der Waals surface area contributed by atoms with Gasteiger partial charge in [0.25, 0.3) is 0 Å². The number of esters is 1. The van der Waals surface area contributed by atoms with E-state index in [1.54, 1.807) is 13.8 Å². The Kier molecular flexibility index (Phi) is 2.41. The van der Waals surface area contributed by atoms with Gasteiger partial charge in [-0.2, -0.15) is 5.26 Å². The zero-order chi connectivity index (χ0) is 11.1. The van der Waals surface area contributed by atoms with Crippen molar-refractivity contribution in [2.75, 3.05) is 6.61 Å². The summed E-state index contributed by atoms with van der Waals surface area (Å²) in [7, 11) is 0. The highest BCUT2D eigenvalue weighted by Gasteiger charge is 2.46. The molecule has 2 saturated heterocycles. The third-order valence-corrected chi connectivity index (χ3v) is 2.61. The molecule has 2 rings (SSSR count). The summed E-state index contributed by atoms with van der Waals surface area (Å²) in [5.74, 6) is -1.40. The minimum Gasteiger partial charge on any atom is -0.458 e. The van der Waals surface area contributed by atoms with E-state index in [1.807, 2.05) is 0 Å². The summed E-state index contributed by atoms with van der Waals surface area (Å²) in [4.78, 5) is 11.1. The van der Waals surface area contributed by atoms with Gasteiger partial charge < -0.3 is 14.2 Å². The Morgan fingerprint density at radius 3 is 2.80 bits per heavy atom. The molecule has 3 atom stereocenters. The van der Waals surface area contributed by atoms with E-state index in [0.29, 0.717) is 6.61 Å². The van der Waals surface area contributed by atoms with Crippen LogP contribution in [0.15, 0.2) is 0 Å². The third kappa shape index (κ3) is 1.96. The van der Waals surface area contributed by atoms with Gasteiger partial charge in [0.15, 0.2) is 5.79 Å². The zero-order valence-corrected chi connectivity index (χ0v) is 8.73. The smallest absolute Gasteiger partial charge is 0.307 e. The number of rotatable bonds is 1. The Balaban J connectivity index is 2.06. The van der Waals surface area contributed by atoms with Crippen LogP contribution < -0.4 is 0 Å². The Morgan fingerprint density at radius 2 is 2.27 bits per heavy atom. The van der Waals surface area contributed by atoms with Gasteiger partial charge in [0.05, 0.1) is 25.0 Å². The maximum Gasteiger partial charge on any atom is 0.307 e. The molecule has 0 N–H and O–H groups in total. The van der Waals surface area contributed by atoms with Crippen molar-refractivity contribution < 1.29 is 19.0 Å². The second-order valence-corrected chi connectivity index (χ2v) is 4.26. The molecular formula is C10H13NO4. The normalized spacial score (nSPS) is 38.7. The van der Waals surface area contributed by atoms with Crippen molar-refractivity contribution in [3.63, 3.8) is 0 Å². The molecule has 15 heavy (non-hydrogen) atoms. The topological polar surface area (TPSA) is 68.5 Å². The number of carbonyl (C=O) groups is 1. The number of hydrogen-bond acceptors (Lipinski definition) is 5. The summed E-state index contributed by atoms with van der Waals surface area (Å²) in [6.45, 7) is 3.96. The molecule has 0 aliphatic carbocycles. The number of ether oxygens (including phenoxy) is 3. The van der Waals surface area contributed by atoms with Gasteiger partial charge in [-0.1, -0.05) is 0 Å². The average Bonchev–Trinajstić information content (AvgIpc) is 2.68. The Hall–Kier alpha value is -1.12. The molecule has 2 unspecified atom stereocenters. The van der Waals surface area contributed by atoms with Crippen LogP contribution in [-0.2, 0) is 19.0 Å². The van der Waals surface area contributed by atoms with Crippen LogP contribution in [0.25, 0.3) is 0 Å². The van der Waals surface area contributed by atoms with Gasteiger partial charge in [0, 0.05) is 0 Å². The number of carbonyl (C=O) groups excluding carboxylic acids is 1. The van der Waals surface area contributed by atoms with E-state index in [9.17, 15) is 4.79 Å². The van der Waals surface area contributed by atoms with Crippen LogP contribution in [0.4, 0.5) is 0 Å². The van der Waals surface area contributed by atoms with Crippen LogP contribution in [0, 0.1) is 17.2 Å². The number of cyclic esters (lactones) is 1. The number of hydrogen-bond donors (Lipinski definition) is 0. The summed E-state index contributed by atoms with van der Waals surface area (Å²) in [5.41, 5.74) is 0. The van der Waals surface area contributed by atoms with Crippen molar-refractivity contribution in [3.05, 3.63) is 0 Å². The highest BCUT2D eigenvalue weighted by atomic mass is 16.8. The molecule has 0 amide bonds. The quantitative estimate of drug-likeness (QED) is 0.594. The molecular weight excluding hydrogens is 198 g/mol. The van der Waals surface area contributed by atoms with Crippen molar-refractivity contribution in [2.45, 2.75) is 38.3 Å². The first-order chi connectivity index (χ1) is 7.02. The standard InChI is InChI=1S/C10H13NO4/c1-10(2)13-5-7(15-10)9-6(4-11)3-8(12)14-9/h6-7,9H,3,5H2,1-2H3/t6-,7?,9?/m1/s1. The lowest BCUT2D eigenvalue weighted by molar-refractivity contribution is -0.163. The first-order valence-electron chi connectivity index (χ1n) is 4.93. The molecule has 0 aromatic carbocycles. The molecule has 0 radical (unpaired) electrons. The fourth-order valence-corrected chi connectivity index (χ4v) is 1.91. The summed E-state index contributed by atoms with van der Waals surface area (Å²) >= 11 is 0. The molecule has 5 heteroatoms. The number of nitriles is 1.